The number of aromatic nitrogens is 4. The maximum absolute atomic E-state index is 14.8. The van der Waals surface area contributed by atoms with Gasteiger partial charge in [-0.25, -0.2) is 19.0 Å². The minimum absolute atomic E-state index is 0.0817. The fourth-order valence-electron chi connectivity index (χ4n) is 4.37. The van der Waals surface area contributed by atoms with Crippen molar-refractivity contribution in [2.45, 2.75) is 18.4 Å². The highest BCUT2D eigenvalue weighted by atomic mass is 19.1. The summed E-state index contributed by atoms with van der Waals surface area (Å²) in [6.45, 7) is 7.40. The van der Waals surface area contributed by atoms with Gasteiger partial charge in [-0.2, -0.15) is 5.10 Å². The van der Waals surface area contributed by atoms with Crippen molar-refractivity contribution in [1.82, 2.24) is 19.7 Å². The lowest BCUT2D eigenvalue weighted by Gasteiger charge is -2.27. The average molecular weight is 483 g/mol. The Morgan fingerprint density at radius 3 is 2.50 bits per heavy atom. The number of nitrogens with two attached hydrogens (primary N) is 1. The van der Waals surface area contributed by atoms with Gasteiger partial charge < -0.3 is 10.6 Å². The Balaban J connectivity index is 1.62. The molecule has 0 saturated heterocycles. The maximum Gasteiger partial charge on any atom is 0.250 e. The molecular weight excluding hydrogens is 459 g/mol. The highest BCUT2D eigenvalue weighted by Crippen LogP contribution is 2.47. The Morgan fingerprint density at radius 2 is 1.86 bits per heavy atom. The standard InChI is InChI=1S/C27H23FN6O2/c1-3-21(35)19-11-10-17(14-20(19)28)24-23-25(29)30-16-31-26(23)34(32-24)27(12-13-27)15-33(22(36)4-2)18-8-6-5-7-9-18/h3-11,14,16H,1-2,12-13,15H2,(H2,29,30,31). The molecule has 9 heteroatoms. The van der Waals surface area contributed by atoms with Crippen molar-refractivity contribution in [2.24, 2.45) is 0 Å². The number of para-hydroxylation sites is 1. The number of rotatable bonds is 8. The van der Waals surface area contributed by atoms with Gasteiger partial charge in [0.2, 0.25) is 5.91 Å². The largest absolute Gasteiger partial charge is 0.383 e. The first-order valence-corrected chi connectivity index (χ1v) is 11.3. The van der Waals surface area contributed by atoms with E-state index in [-0.39, 0.29) is 17.3 Å². The Morgan fingerprint density at radius 1 is 1.11 bits per heavy atom. The van der Waals surface area contributed by atoms with Gasteiger partial charge in [-0.1, -0.05) is 37.4 Å². The molecule has 4 aromatic rings. The first-order valence-electron chi connectivity index (χ1n) is 11.3. The molecule has 5 rings (SSSR count). The summed E-state index contributed by atoms with van der Waals surface area (Å²) in [5, 5.41) is 5.30. The van der Waals surface area contributed by atoms with E-state index in [1.165, 1.54) is 24.5 Å². The third-order valence-electron chi connectivity index (χ3n) is 6.42. The molecule has 1 saturated carbocycles. The number of benzene rings is 2. The van der Waals surface area contributed by atoms with Crippen LogP contribution in [0.25, 0.3) is 22.3 Å². The summed E-state index contributed by atoms with van der Waals surface area (Å²) in [5.41, 5.74) is 7.66. The lowest BCUT2D eigenvalue weighted by Crippen LogP contribution is -2.39. The van der Waals surface area contributed by atoms with Gasteiger partial charge in [0.1, 0.15) is 23.7 Å². The van der Waals surface area contributed by atoms with E-state index in [1.807, 2.05) is 30.3 Å². The van der Waals surface area contributed by atoms with Crippen LogP contribution >= 0.6 is 0 Å². The molecule has 1 aliphatic carbocycles. The number of allylic oxidation sites excluding steroid dienone is 1. The van der Waals surface area contributed by atoms with E-state index in [2.05, 4.69) is 23.1 Å². The molecule has 0 radical (unpaired) electrons. The summed E-state index contributed by atoms with van der Waals surface area (Å²) in [5.74, 6) is -1.24. The number of hydrogen-bond donors (Lipinski definition) is 1. The number of amides is 1. The van der Waals surface area contributed by atoms with Crippen LogP contribution in [-0.2, 0) is 10.3 Å². The van der Waals surface area contributed by atoms with Gasteiger partial charge in [0.05, 0.1) is 23.0 Å². The molecule has 36 heavy (non-hydrogen) atoms. The van der Waals surface area contributed by atoms with Crippen molar-refractivity contribution in [1.29, 1.82) is 0 Å². The van der Waals surface area contributed by atoms with Crippen LogP contribution in [0.3, 0.4) is 0 Å². The van der Waals surface area contributed by atoms with Gasteiger partial charge in [-0.15, -0.1) is 0 Å². The first kappa shape index (κ1) is 23.1. The van der Waals surface area contributed by atoms with Gasteiger partial charge in [-0.05, 0) is 49.3 Å². The monoisotopic (exact) mass is 482 g/mol. The molecule has 0 aliphatic heterocycles. The van der Waals surface area contributed by atoms with Crippen LogP contribution in [0, 0.1) is 5.82 Å². The number of fused-ring (bicyclic) bond motifs is 1. The van der Waals surface area contributed by atoms with Crippen LogP contribution in [-0.4, -0.2) is 38.0 Å². The van der Waals surface area contributed by atoms with Crippen LogP contribution in [0.2, 0.25) is 0 Å². The highest BCUT2D eigenvalue weighted by molar-refractivity contribution is 6.05. The summed E-state index contributed by atoms with van der Waals surface area (Å²) in [6.07, 6.45) is 5.20. The Labute approximate surface area is 206 Å². The topological polar surface area (TPSA) is 107 Å². The second-order valence-electron chi connectivity index (χ2n) is 8.67. The fraction of sp³-hybridized carbons (Fsp3) is 0.148. The minimum Gasteiger partial charge on any atom is -0.383 e. The predicted molar refractivity (Wildman–Crippen MR) is 136 cm³/mol. The molecule has 2 heterocycles. The lowest BCUT2D eigenvalue weighted by molar-refractivity contribution is -0.114. The van der Waals surface area contributed by atoms with Crippen molar-refractivity contribution >= 4 is 34.2 Å². The smallest absolute Gasteiger partial charge is 0.250 e. The number of nitrogens with zero attached hydrogens (tertiary/aromatic N) is 5. The van der Waals surface area contributed by atoms with Crippen LogP contribution in [0.15, 0.2) is 80.2 Å². The van der Waals surface area contributed by atoms with E-state index < -0.39 is 17.1 Å². The van der Waals surface area contributed by atoms with E-state index in [9.17, 15) is 14.0 Å². The molecule has 2 aromatic carbocycles. The number of nitrogen functional groups attached to an aromatic ring is 1. The zero-order valence-electron chi connectivity index (χ0n) is 19.4. The number of carbonyl (C=O) groups is 2. The zero-order chi connectivity index (χ0) is 25.4. The summed E-state index contributed by atoms with van der Waals surface area (Å²) < 4.78 is 16.6. The lowest BCUT2D eigenvalue weighted by atomic mass is 10.0. The molecule has 0 unspecified atom stereocenters. The predicted octanol–water partition coefficient (Wildman–Crippen LogP) is 4.29. The van der Waals surface area contributed by atoms with Crippen LogP contribution in [0.4, 0.5) is 15.9 Å². The van der Waals surface area contributed by atoms with Gasteiger partial charge in [0.25, 0.3) is 0 Å². The number of anilines is 2. The fourth-order valence-corrected chi connectivity index (χ4v) is 4.37. The maximum atomic E-state index is 14.8. The molecule has 2 N–H and O–H groups in total. The summed E-state index contributed by atoms with van der Waals surface area (Å²) in [7, 11) is 0. The Kier molecular flexibility index (Phi) is 5.68. The molecule has 180 valence electrons. The van der Waals surface area contributed by atoms with Crippen molar-refractivity contribution in [2.75, 3.05) is 17.2 Å². The molecule has 1 aliphatic rings. The molecule has 2 aromatic heterocycles. The summed E-state index contributed by atoms with van der Waals surface area (Å²) >= 11 is 0. The van der Waals surface area contributed by atoms with E-state index in [0.29, 0.717) is 28.8 Å². The second kappa shape index (κ2) is 8.84. The van der Waals surface area contributed by atoms with Gasteiger partial charge in [0.15, 0.2) is 11.4 Å². The normalized spacial score (nSPS) is 13.8. The van der Waals surface area contributed by atoms with Crippen LogP contribution < -0.4 is 10.6 Å². The van der Waals surface area contributed by atoms with Crippen LogP contribution in [0.1, 0.15) is 23.2 Å². The average Bonchev–Trinajstić information content (AvgIpc) is 3.57. The first-order chi connectivity index (χ1) is 17.4. The molecule has 1 amide bonds. The van der Waals surface area contributed by atoms with Gasteiger partial charge in [-0.3, -0.25) is 9.59 Å². The second-order valence-corrected chi connectivity index (χ2v) is 8.67. The number of halogens is 1. The SMILES string of the molecule is C=CC(=O)c1ccc(-c2nn(C3(CN(C(=O)C=C)c4ccccc4)CC3)c3ncnc(N)c23)cc1F. The van der Waals surface area contributed by atoms with E-state index in [4.69, 9.17) is 10.8 Å². The van der Waals surface area contributed by atoms with Crippen molar-refractivity contribution in [3.8, 4) is 11.3 Å². The molecule has 0 atom stereocenters. The third-order valence-corrected chi connectivity index (χ3v) is 6.42. The molecular formula is C27H23FN6O2. The third kappa shape index (κ3) is 3.84. The molecule has 0 bridgehead atoms. The zero-order valence-corrected chi connectivity index (χ0v) is 19.4. The number of hydrogen-bond acceptors (Lipinski definition) is 6. The summed E-state index contributed by atoms with van der Waals surface area (Å²) in [6, 6.07) is 13.6. The Hall–Kier alpha value is -4.66. The number of carbonyl (C=O) groups excluding carboxylic acids is 2. The molecule has 1 fully saturated rings. The van der Waals surface area contributed by atoms with Crippen molar-refractivity contribution < 1.29 is 14.0 Å². The molecule has 0 spiro atoms. The van der Waals surface area contributed by atoms with E-state index >= 15 is 0 Å². The number of ketones is 1. The molecule has 8 nitrogen and oxygen atoms in total. The van der Waals surface area contributed by atoms with E-state index in [0.717, 1.165) is 24.6 Å². The quantitative estimate of drug-likeness (QED) is 0.297. The van der Waals surface area contributed by atoms with Crippen molar-refractivity contribution in [3.63, 3.8) is 0 Å². The van der Waals surface area contributed by atoms with Gasteiger partial charge in [0, 0.05) is 11.3 Å². The van der Waals surface area contributed by atoms with Crippen molar-refractivity contribution in [3.05, 3.63) is 91.5 Å². The van der Waals surface area contributed by atoms with E-state index in [1.54, 1.807) is 15.6 Å². The summed E-state index contributed by atoms with van der Waals surface area (Å²) in [4.78, 5) is 35.0. The van der Waals surface area contributed by atoms with Gasteiger partial charge >= 0.3 is 0 Å². The Bertz CT molecular complexity index is 1520. The minimum atomic E-state index is -0.691. The van der Waals surface area contributed by atoms with Crippen LogP contribution in [0.5, 0.6) is 0 Å². The highest BCUT2D eigenvalue weighted by Gasteiger charge is 2.49.